The molecular formula is C10H19F3N2O. The number of likely N-dealkylation sites (N-methyl/N-ethyl adjacent to an activating group) is 1. The Bertz CT molecular complexity index is 229. The molecule has 1 N–H and O–H groups in total. The number of nitrogens with one attached hydrogen (secondary N) is 1. The van der Waals surface area contributed by atoms with Crippen molar-refractivity contribution in [2.75, 3.05) is 20.1 Å². The highest BCUT2D eigenvalue weighted by atomic mass is 19.4. The van der Waals surface area contributed by atoms with Gasteiger partial charge in [0.15, 0.2) is 0 Å². The molecule has 0 aliphatic rings. The summed E-state index contributed by atoms with van der Waals surface area (Å²) in [7, 11) is 1.15. The number of rotatable bonds is 5. The van der Waals surface area contributed by atoms with Gasteiger partial charge in [-0.3, -0.25) is 4.79 Å². The molecule has 0 bridgehead atoms. The van der Waals surface area contributed by atoms with Crippen molar-refractivity contribution in [1.82, 2.24) is 10.2 Å². The molecule has 16 heavy (non-hydrogen) atoms. The van der Waals surface area contributed by atoms with Crippen molar-refractivity contribution in [2.45, 2.75) is 33.0 Å². The second kappa shape index (κ2) is 6.08. The lowest BCUT2D eigenvalue weighted by Gasteiger charge is -2.22. The van der Waals surface area contributed by atoms with Crippen LogP contribution in [0.1, 0.15) is 20.8 Å². The van der Waals surface area contributed by atoms with E-state index in [4.69, 9.17) is 0 Å². The van der Waals surface area contributed by atoms with Crippen molar-refractivity contribution in [3.8, 4) is 0 Å². The van der Waals surface area contributed by atoms with Crippen molar-refractivity contribution in [1.29, 1.82) is 0 Å². The van der Waals surface area contributed by atoms with E-state index in [0.717, 1.165) is 7.05 Å². The third kappa shape index (κ3) is 6.66. The predicted molar refractivity (Wildman–Crippen MR) is 56.0 cm³/mol. The zero-order valence-corrected chi connectivity index (χ0v) is 10.1. The molecule has 0 heterocycles. The number of carbonyl (C=O) groups excluding carboxylic acids is 1. The van der Waals surface area contributed by atoms with Crippen LogP contribution in [-0.4, -0.2) is 43.2 Å². The van der Waals surface area contributed by atoms with E-state index in [9.17, 15) is 18.0 Å². The Balaban J connectivity index is 3.98. The Kier molecular flexibility index (Phi) is 5.78. The van der Waals surface area contributed by atoms with Gasteiger partial charge >= 0.3 is 6.18 Å². The van der Waals surface area contributed by atoms with Gasteiger partial charge in [-0.15, -0.1) is 0 Å². The molecule has 0 saturated heterocycles. The Hall–Kier alpha value is -0.780. The van der Waals surface area contributed by atoms with Crippen LogP contribution in [0.4, 0.5) is 13.2 Å². The van der Waals surface area contributed by atoms with Gasteiger partial charge in [0.25, 0.3) is 0 Å². The lowest BCUT2D eigenvalue weighted by molar-refractivity contribution is -0.157. The summed E-state index contributed by atoms with van der Waals surface area (Å²) >= 11 is 0. The van der Waals surface area contributed by atoms with Crippen molar-refractivity contribution >= 4 is 5.91 Å². The molecular weight excluding hydrogens is 221 g/mol. The quantitative estimate of drug-likeness (QED) is 0.792. The van der Waals surface area contributed by atoms with Crippen LogP contribution in [-0.2, 0) is 4.79 Å². The molecule has 0 aromatic carbocycles. The summed E-state index contributed by atoms with van der Waals surface area (Å²) in [5.41, 5.74) is 0. The maximum absolute atomic E-state index is 12.0. The van der Waals surface area contributed by atoms with Crippen LogP contribution >= 0.6 is 0 Å². The SMILES string of the molecule is CC(C)C(C)NCC(=O)N(C)CC(F)(F)F. The van der Waals surface area contributed by atoms with Crippen LogP contribution < -0.4 is 5.32 Å². The third-order valence-corrected chi connectivity index (χ3v) is 2.42. The molecule has 0 saturated carbocycles. The Labute approximate surface area is 94.0 Å². The first-order valence-corrected chi connectivity index (χ1v) is 5.17. The summed E-state index contributed by atoms with van der Waals surface area (Å²) in [6, 6.07) is 0.100. The number of hydrogen-bond donors (Lipinski definition) is 1. The molecule has 6 heteroatoms. The van der Waals surface area contributed by atoms with Gasteiger partial charge in [-0.05, 0) is 12.8 Å². The monoisotopic (exact) mass is 240 g/mol. The van der Waals surface area contributed by atoms with Gasteiger partial charge in [-0.2, -0.15) is 13.2 Å². The highest BCUT2D eigenvalue weighted by molar-refractivity contribution is 5.78. The molecule has 0 aromatic heterocycles. The van der Waals surface area contributed by atoms with Crippen molar-refractivity contribution in [3.05, 3.63) is 0 Å². The van der Waals surface area contributed by atoms with Crippen molar-refractivity contribution < 1.29 is 18.0 Å². The number of amides is 1. The molecule has 1 amide bonds. The van der Waals surface area contributed by atoms with Crippen LogP contribution in [0, 0.1) is 5.92 Å². The zero-order chi connectivity index (χ0) is 12.9. The first kappa shape index (κ1) is 15.2. The molecule has 0 spiro atoms. The van der Waals surface area contributed by atoms with Crippen molar-refractivity contribution in [3.63, 3.8) is 0 Å². The van der Waals surface area contributed by atoms with Crippen LogP contribution in [0.25, 0.3) is 0 Å². The largest absolute Gasteiger partial charge is 0.406 e. The van der Waals surface area contributed by atoms with Gasteiger partial charge in [-0.25, -0.2) is 0 Å². The van der Waals surface area contributed by atoms with Gasteiger partial charge < -0.3 is 10.2 Å². The molecule has 3 nitrogen and oxygen atoms in total. The Morgan fingerprint density at radius 3 is 2.19 bits per heavy atom. The maximum atomic E-state index is 12.0. The zero-order valence-electron chi connectivity index (χ0n) is 10.1. The number of carbonyl (C=O) groups is 1. The van der Waals surface area contributed by atoms with E-state index in [2.05, 4.69) is 5.32 Å². The van der Waals surface area contributed by atoms with Gasteiger partial charge in [0.1, 0.15) is 6.54 Å². The molecule has 0 aromatic rings. The first-order valence-electron chi connectivity index (χ1n) is 5.17. The average molecular weight is 240 g/mol. The van der Waals surface area contributed by atoms with Crippen LogP contribution in [0.3, 0.4) is 0 Å². The normalized spacial score (nSPS) is 14.0. The Morgan fingerprint density at radius 1 is 1.31 bits per heavy atom. The summed E-state index contributed by atoms with van der Waals surface area (Å²) in [5, 5.41) is 2.89. The van der Waals surface area contributed by atoms with E-state index >= 15 is 0 Å². The fraction of sp³-hybridized carbons (Fsp3) is 0.900. The number of alkyl halides is 3. The summed E-state index contributed by atoms with van der Waals surface area (Å²) in [6.07, 6.45) is -4.34. The lowest BCUT2D eigenvalue weighted by Crippen LogP contribution is -2.43. The summed E-state index contributed by atoms with van der Waals surface area (Å²) < 4.78 is 35.9. The fourth-order valence-electron chi connectivity index (χ4n) is 0.976. The van der Waals surface area contributed by atoms with Gasteiger partial charge in [0.05, 0.1) is 6.54 Å². The predicted octanol–water partition coefficient (Wildman–Crippen LogP) is 1.64. The second-order valence-corrected chi connectivity index (χ2v) is 4.28. The second-order valence-electron chi connectivity index (χ2n) is 4.28. The third-order valence-electron chi connectivity index (χ3n) is 2.42. The van der Waals surface area contributed by atoms with Crippen LogP contribution in [0.2, 0.25) is 0 Å². The van der Waals surface area contributed by atoms with Crippen LogP contribution in [0.15, 0.2) is 0 Å². The minimum absolute atomic E-state index is 0.0636. The van der Waals surface area contributed by atoms with E-state index in [1.165, 1.54) is 0 Å². The van der Waals surface area contributed by atoms with E-state index in [1.54, 1.807) is 0 Å². The molecule has 0 aliphatic carbocycles. The molecule has 96 valence electrons. The molecule has 1 unspecified atom stereocenters. The van der Waals surface area contributed by atoms with E-state index in [1.807, 2.05) is 20.8 Å². The van der Waals surface area contributed by atoms with Gasteiger partial charge in [0, 0.05) is 13.1 Å². The number of halogens is 3. The first-order chi connectivity index (χ1) is 7.13. The topological polar surface area (TPSA) is 32.3 Å². The highest BCUT2D eigenvalue weighted by Crippen LogP contribution is 2.15. The minimum Gasteiger partial charge on any atom is -0.336 e. The summed E-state index contributed by atoms with van der Waals surface area (Å²) in [6.45, 7) is 4.57. The fourth-order valence-corrected chi connectivity index (χ4v) is 0.976. The number of hydrogen-bond acceptors (Lipinski definition) is 2. The Morgan fingerprint density at radius 2 is 1.81 bits per heavy atom. The minimum atomic E-state index is -4.34. The summed E-state index contributed by atoms with van der Waals surface area (Å²) in [5.74, 6) is -0.217. The van der Waals surface area contributed by atoms with Crippen molar-refractivity contribution in [2.24, 2.45) is 5.92 Å². The molecule has 1 atom stereocenters. The van der Waals surface area contributed by atoms with E-state index in [0.29, 0.717) is 10.8 Å². The smallest absolute Gasteiger partial charge is 0.336 e. The molecule has 0 radical (unpaired) electrons. The molecule has 0 rings (SSSR count). The maximum Gasteiger partial charge on any atom is 0.406 e. The van der Waals surface area contributed by atoms with E-state index < -0.39 is 18.6 Å². The van der Waals surface area contributed by atoms with Crippen LogP contribution in [0.5, 0.6) is 0 Å². The summed E-state index contributed by atoms with van der Waals surface area (Å²) in [4.78, 5) is 12.0. The van der Waals surface area contributed by atoms with E-state index in [-0.39, 0.29) is 12.6 Å². The lowest BCUT2D eigenvalue weighted by atomic mass is 10.1. The standard InChI is InChI=1S/C10H19F3N2O/c1-7(2)8(3)14-5-9(16)15(4)6-10(11,12)13/h7-8,14H,5-6H2,1-4H3. The number of nitrogens with zero attached hydrogens (tertiary/aromatic N) is 1. The molecule has 0 aliphatic heterocycles. The van der Waals surface area contributed by atoms with Gasteiger partial charge in [-0.1, -0.05) is 13.8 Å². The highest BCUT2D eigenvalue weighted by Gasteiger charge is 2.31. The van der Waals surface area contributed by atoms with Gasteiger partial charge in [0.2, 0.25) is 5.91 Å². The molecule has 0 fully saturated rings. The average Bonchev–Trinajstić information content (AvgIpc) is 2.10.